The van der Waals surface area contributed by atoms with Gasteiger partial charge in [0.05, 0.1) is 28.4 Å². The van der Waals surface area contributed by atoms with Gasteiger partial charge in [0.2, 0.25) is 15.2 Å². The highest BCUT2D eigenvalue weighted by Crippen LogP contribution is 2.32. The summed E-state index contributed by atoms with van der Waals surface area (Å²) in [6.45, 7) is 0.227. The van der Waals surface area contributed by atoms with Crippen LogP contribution in [0.1, 0.15) is 21.5 Å². The summed E-state index contributed by atoms with van der Waals surface area (Å²) < 4.78 is 34.7. The van der Waals surface area contributed by atoms with Crippen molar-refractivity contribution in [3.05, 3.63) is 118 Å². The number of hydrogen-bond acceptors (Lipinski definition) is 7. The molecule has 0 atom stereocenters. The topological polar surface area (TPSA) is 92.2 Å². The standard InChI is InChI=1S/C30H25BrN4O4S2/c1-34(20-22-6-4-3-5-7-22)41(37,38)26-15-10-23(11-16-26)29(36)35(32-19-21-8-12-24(31)13-9-21)30-33-27-17-14-25(39-2)18-28(27)40-30/h3-19H,20H2,1-2H3/b32-19+. The SMILES string of the molecule is COc1ccc2nc(N(/N=C/c3ccc(Br)cc3)C(=O)c3ccc(S(=O)(=O)N(C)Cc4ccccc4)cc3)sc2c1. The van der Waals surface area contributed by atoms with Crippen molar-refractivity contribution >= 4 is 64.8 Å². The van der Waals surface area contributed by atoms with Crippen LogP contribution in [0.15, 0.2) is 112 Å². The van der Waals surface area contributed by atoms with E-state index in [1.54, 1.807) is 19.4 Å². The van der Waals surface area contributed by atoms with E-state index < -0.39 is 15.9 Å². The van der Waals surface area contributed by atoms with Crippen molar-refractivity contribution in [1.82, 2.24) is 9.29 Å². The van der Waals surface area contributed by atoms with E-state index in [-0.39, 0.29) is 17.0 Å². The molecule has 0 aliphatic heterocycles. The summed E-state index contributed by atoms with van der Waals surface area (Å²) in [7, 11) is -0.655. The summed E-state index contributed by atoms with van der Waals surface area (Å²) >= 11 is 4.72. The average molecular weight is 650 g/mol. The first-order valence-corrected chi connectivity index (χ1v) is 15.5. The lowest BCUT2D eigenvalue weighted by Crippen LogP contribution is -2.27. The van der Waals surface area contributed by atoms with Crippen LogP contribution in [-0.4, -0.2) is 44.0 Å². The van der Waals surface area contributed by atoms with Gasteiger partial charge in [-0.15, -0.1) is 0 Å². The molecule has 0 saturated carbocycles. The van der Waals surface area contributed by atoms with Gasteiger partial charge in [0, 0.05) is 23.6 Å². The number of aromatic nitrogens is 1. The summed E-state index contributed by atoms with van der Waals surface area (Å²) in [6.07, 6.45) is 1.58. The minimum Gasteiger partial charge on any atom is -0.497 e. The first kappa shape index (κ1) is 28.6. The number of carbonyl (C=O) groups is 1. The number of nitrogens with zero attached hydrogens (tertiary/aromatic N) is 4. The maximum absolute atomic E-state index is 13.7. The van der Waals surface area contributed by atoms with E-state index in [0.29, 0.717) is 16.4 Å². The number of halogens is 1. The van der Waals surface area contributed by atoms with Gasteiger partial charge in [-0.1, -0.05) is 69.7 Å². The maximum Gasteiger partial charge on any atom is 0.280 e. The molecular weight excluding hydrogens is 624 g/mol. The van der Waals surface area contributed by atoms with Gasteiger partial charge in [0.1, 0.15) is 5.75 Å². The molecule has 5 aromatic rings. The number of fused-ring (bicyclic) bond motifs is 1. The average Bonchev–Trinajstić information content (AvgIpc) is 3.41. The molecule has 1 heterocycles. The van der Waals surface area contributed by atoms with E-state index in [1.165, 1.54) is 52.0 Å². The van der Waals surface area contributed by atoms with Crippen LogP contribution in [0.4, 0.5) is 5.13 Å². The molecule has 0 bridgehead atoms. The van der Waals surface area contributed by atoms with Gasteiger partial charge in [0.15, 0.2) is 0 Å². The maximum atomic E-state index is 13.7. The van der Waals surface area contributed by atoms with Gasteiger partial charge in [-0.3, -0.25) is 4.79 Å². The Labute approximate surface area is 250 Å². The third-order valence-corrected chi connectivity index (χ3v) is 9.55. The fourth-order valence-electron chi connectivity index (χ4n) is 3.97. The number of amides is 1. The highest BCUT2D eigenvalue weighted by molar-refractivity contribution is 9.10. The van der Waals surface area contributed by atoms with Crippen molar-refractivity contribution in [2.45, 2.75) is 11.4 Å². The second-order valence-corrected chi connectivity index (χ2v) is 13.0. The third-order valence-electron chi connectivity index (χ3n) is 6.21. The third kappa shape index (κ3) is 6.54. The Bertz CT molecular complexity index is 1810. The number of ether oxygens (including phenoxy) is 1. The number of hydrazone groups is 1. The molecule has 0 unspecified atom stereocenters. The number of rotatable bonds is 9. The molecule has 5 rings (SSSR count). The fraction of sp³-hybridized carbons (Fsp3) is 0.100. The van der Waals surface area contributed by atoms with Crippen molar-refractivity contribution in [3.8, 4) is 5.75 Å². The molecule has 11 heteroatoms. The Hall–Kier alpha value is -3.90. The summed E-state index contributed by atoms with van der Waals surface area (Å²) in [5.74, 6) is 0.226. The minimum absolute atomic E-state index is 0.0875. The number of hydrogen-bond donors (Lipinski definition) is 0. The fourth-order valence-corrected chi connectivity index (χ4v) is 6.34. The van der Waals surface area contributed by atoms with Crippen LogP contribution in [0.25, 0.3) is 10.2 Å². The summed E-state index contributed by atoms with van der Waals surface area (Å²) in [5.41, 5.74) is 2.62. The molecular formula is C30H25BrN4O4S2. The van der Waals surface area contributed by atoms with Crippen molar-refractivity contribution in [1.29, 1.82) is 0 Å². The molecule has 208 valence electrons. The van der Waals surface area contributed by atoms with Gasteiger partial charge in [-0.25, -0.2) is 13.4 Å². The van der Waals surface area contributed by atoms with E-state index in [0.717, 1.165) is 20.3 Å². The molecule has 4 aromatic carbocycles. The molecule has 0 radical (unpaired) electrons. The van der Waals surface area contributed by atoms with Crippen LogP contribution >= 0.6 is 27.3 Å². The van der Waals surface area contributed by atoms with E-state index >= 15 is 0 Å². The second-order valence-electron chi connectivity index (χ2n) is 9.01. The number of sulfonamides is 1. The Morgan fingerprint density at radius 1 is 1.00 bits per heavy atom. The molecule has 8 nitrogen and oxygen atoms in total. The lowest BCUT2D eigenvalue weighted by Gasteiger charge is -2.18. The molecule has 0 N–H and O–H groups in total. The first-order valence-electron chi connectivity index (χ1n) is 12.4. The number of carbonyl (C=O) groups excluding carboxylic acids is 1. The zero-order valence-electron chi connectivity index (χ0n) is 22.1. The Kier molecular flexibility index (Phi) is 8.60. The van der Waals surface area contributed by atoms with Gasteiger partial charge < -0.3 is 4.74 Å². The molecule has 0 aliphatic carbocycles. The quantitative estimate of drug-likeness (QED) is 0.133. The molecule has 41 heavy (non-hydrogen) atoms. The lowest BCUT2D eigenvalue weighted by molar-refractivity contribution is 0.0987. The zero-order chi connectivity index (χ0) is 29.0. The van der Waals surface area contributed by atoms with E-state index in [9.17, 15) is 13.2 Å². The Balaban J connectivity index is 1.45. The van der Waals surface area contributed by atoms with Crippen molar-refractivity contribution in [2.24, 2.45) is 5.10 Å². The van der Waals surface area contributed by atoms with Crippen LogP contribution in [0.2, 0.25) is 0 Å². The number of anilines is 1. The molecule has 1 aromatic heterocycles. The Morgan fingerprint density at radius 3 is 2.39 bits per heavy atom. The smallest absolute Gasteiger partial charge is 0.280 e. The van der Waals surface area contributed by atoms with Crippen LogP contribution in [-0.2, 0) is 16.6 Å². The molecule has 0 spiro atoms. The second kappa shape index (κ2) is 12.3. The molecule has 0 aliphatic rings. The number of benzene rings is 4. The van der Waals surface area contributed by atoms with E-state index in [1.807, 2.05) is 66.7 Å². The van der Waals surface area contributed by atoms with Gasteiger partial charge in [-0.05, 0) is 65.7 Å². The normalized spacial score (nSPS) is 11.8. The monoisotopic (exact) mass is 648 g/mol. The van der Waals surface area contributed by atoms with Gasteiger partial charge >= 0.3 is 0 Å². The van der Waals surface area contributed by atoms with Crippen LogP contribution < -0.4 is 9.75 Å². The van der Waals surface area contributed by atoms with Gasteiger partial charge in [0.25, 0.3) is 5.91 Å². The Morgan fingerprint density at radius 2 is 1.71 bits per heavy atom. The van der Waals surface area contributed by atoms with Crippen molar-refractivity contribution < 1.29 is 17.9 Å². The number of thiazole rings is 1. The van der Waals surface area contributed by atoms with Crippen LogP contribution in [0, 0.1) is 0 Å². The lowest BCUT2D eigenvalue weighted by atomic mass is 10.2. The largest absolute Gasteiger partial charge is 0.497 e. The number of methoxy groups -OCH3 is 1. The predicted octanol–water partition coefficient (Wildman–Crippen LogP) is 6.57. The van der Waals surface area contributed by atoms with Crippen LogP contribution in [0.3, 0.4) is 0 Å². The minimum atomic E-state index is -3.77. The molecule has 1 amide bonds. The zero-order valence-corrected chi connectivity index (χ0v) is 25.4. The summed E-state index contributed by atoms with van der Waals surface area (Å²) in [4.78, 5) is 18.5. The van der Waals surface area contributed by atoms with Crippen molar-refractivity contribution in [2.75, 3.05) is 19.2 Å². The first-order chi connectivity index (χ1) is 19.7. The highest BCUT2D eigenvalue weighted by Gasteiger charge is 2.24. The summed E-state index contributed by atoms with van der Waals surface area (Å²) in [6, 6.07) is 28.2. The van der Waals surface area contributed by atoms with E-state index in [4.69, 9.17) is 4.74 Å². The van der Waals surface area contributed by atoms with Crippen LogP contribution in [0.5, 0.6) is 5.75 Å². The summed E-state index contributed by atoms with van der Waals surface area (Å²) in [5, 5.41) is 6.08. The predicted molar refractivity (Wildman–Crippen MR) is 166 cm³/mol. The molecule has 0 saturated heterocycles. The van der Waals surface area contributed by atoms with E-state index in [2.05, 4.69) is 26.0 Å². The van der Waals surface area contributed by atoms with Crippen molar-refractivity contribution in [3.63, 3.8) is 0 Å². The highest BCUT2D eigenvalue weighted by atomic mass is 79.9. The molecule has 0 fully saturated rings. The van der Waals surface area contributed by atoms with Gasteiger partial charge in [-0.2, -0.15) is 14.4 Å².